The van der Waals surface area contributed by atoms with Gasteiger partial charge in [-0.2, -0.15) is 5.26 Å². The summed E-state index contributed by atoms with van der Waals surface area (Å²) in [6, 6.07) is 25.6. The van der Waals surface area contributed by atoms with Gasteiger partial charge in [-0.15, -0.1) is 0 Å². The average Bonchev–Trinajstić information content (AvgIpc) is 2.89. The number of hydrogen-bond acceptors (Lipinski definition) is 4. The number of aryl methyl sites for hydroxylation is 2. The van der Waals surface area contributed by atoms with Crippen LogP contribution in [0.1, 0.15) is 29.2 Å². The number of hydrogen-bond donors (Lipinski definition) is 1. The van der Waals surface area contributed by atoms with Crippen molar-refractivity contribution in [1.82, 2.24) is 0 Å². The zero-order valence-corrected chi connectivity index (χ0v) is 22.6. The van der Waals surface area contributed by atoms with Crippen LogP contribution in [-0.4, -0.2) is 12.5 Å². The van der Waals surface area contributed by atoms with Crippen molar-refractivity contribution in [3.8, 4) is 17.6 Å². The lowest BCUT2D eigenvalue weighted by molar-refractivity contribution is -0.112. The molecule has 4 aromatic rings. The fourth-order valence-corrected chi connectivity index (χ4v) is 4.47. The fraction of sp³-hybridized carbons (Fsp3) is 0.161. The second-order valence-corrected chi connectivity index (χ2v) is 9.51. The molecular weight excluding hydrogens is 528 g/mol. The predicted octanol–water partition coefficient (Wildman–Crippen LogP) is 7.74. The number of nitrogens with zero attached hydrogens (tertiary/aromatic N) is 1. The standard InChI is InChI=1S/C31H27BrN2O3/c1-4-36-29-17-23(15-26(18-33)31(35)34-27-12-9-20(2)21(3)13-27)16-28(32)30(29)37-19-22-10-11-24-7-5-6-8-25(24)14-22/h5-17H,4,19H2,1-3H3,(H,34,35)/b26-15+. The summed E-state index contributed by atoms with van der Waals surface area (Å²) in [5, 5.41) is 14.8. The third kappa shape index (κ3) is 6.38. The molecule has 37 heavy (non-hydrogen) atoms. The molecule has 0 saturated heterocycles. The van der Waals surface area contributed by atoms with E-state index in [1.807, 2.05) is 63.2 Å². The largest absolute Gasteiger partial charge is 0.490 e. The number of nitrogens with one attached hydrogen (secondary N) is 1. The van der Waals surface area contributed by atoms with Gasteiger partial charge in [0, 0.05) is 5.69 Å². The van der Waals surface area contributed by atoms with E-state index in [1.54, 1.807) is 12.1 Å². The topological polar surface area (TPSA) is 71.3 Å². The molecular formula is C31H27BrN2O3. The van der Waals surface area contributed by atoms with Gasteiger partial charge in [0.25, 0.3) is 5.91 Å². The molecule has 0 radical (unpaired) electrons. The van der Waals surface area contributed by atoms with Gasteiger partial charge in [0.15, 0.2) is 11.5 Å². The van der Waals surface area contributed by atoms with Crippen molar-refractivity contribution in [2.75, 3.05) is 11.9 Å². The number of nitriles is 1. The summed E-state index contributed by atoms with van der Waals surface area (Å²) in [6.07, 6.45) is 1.54. The van der Waals surface area contributed by atoms with Gasteiger partial charge in [-0.25, -0.2) is 0 Å². The lowest BCUT2D eigenvalue weighted by Crippen LogP contribution is -2.13. The van der Waals surface area contributed by atoms with Crippen molar-refractivity contribution < 1.29 is 14.3 Å². The fourth-order valence-electron chi connectivity index (χ4n) is 3.89. The van der Waals surface area contributed by atoms with Crippen LogP contribution in [0.25, 0.3) is 16.8 Å². The second-order valence-electron chi connectivity index (χ2n) is 8.66. The molecule has 4 aromatic carbocycles. The first-order valence-electron chi connectivity index (χ1n) is 11.9. The third-order valence-electron chi connectivity index (χ3n) is 5.97. The molecule has 0 saturated carbocycles. The van der Waals surface area contributed by atoms with E-state index >= 15 is 0 Å². The van der Waals surface area contributed by atoms with Crippen molar-refractivity contribution in [3.05, 3.63) is 105 Å². The van der Waals surface area contributed by atoms with Gasteiger partial charge >= 0.3 is 0 Å². The number of amides is 1. The Labute approximate surface area is 225 Å². The van der Waals surface area contributed by atoms with Gasteiger partial charge in [0.2, 0.25) is 0 Å². The molecule has 0 spiro atoms. The van der Waals surface area contributed by atoms with E-state index in [0.717, 1.165) is 22.1 Å². The van der Waals surface area contributed by atoms with Gasteiger partial charge in [0.05, 0.1) is 11.1 Å². The van der Waals surface area contributed by atoms with E-state index < -0.39 is 5.91 Å². The summed E-state index contributed by atoms with van der Waals surface area (Å²) in [6.45, 7) is 6.67. The minimum Gasteiger partial charge on any atom is -0.490 e. The van der Waals surface area contributed by atoms with Gasteiger partial charge < -0.3 is 14.8 Å². The maximum Gasteiger partial charge on any atom is 0.266 e. The van der Waals surface area contributed by atoms with Crippen LogP contribution in [-0.2, 0) is 11.4 Å². The van der Waals surface area contributed by atoms with Gasteiger partial charge in [-0.05, 0) is 106 Å². The van der Waals surface area contributed by atoms with Crippen LogP contribution < -0.4 is 14.8 Å². The average molecular weight is 555 g/mol. The molecule has 0 aliphatic carbocycles. The Morgan fingerprint density at radius 2 is 1.76 bits per heavy atom. The van der Waals surface area contributed by atoms with Crippen molar-refractivity contribution in [2.24, 2.45) is 0 Å². The highest BCUT2D eigenvalue weighted by Gasteiger charge is 2.15. The molecule has 0 aliphatic heterocycles. The summed E-state index contributed by atoms with van der Waals surface area (Å²) in [7, 11) is 0. The summed E-state index contributed by atoms with van der Waals surface area (Å²) < 4.78 is 12.7. The minimum atomic E-state index is -0.475. The molecule has 6 heteroatoms. The first-order valence-corrected chi connectivity index (χ1v) is 12.7. The van der Waals surface area contributed by atoms with Crippen LogP contribution in [0.5, 0.6) is 11.5 Å². The van der Waals surface area contributed by atoms with E-state index in [4.69, 9.17) is 9.47 Å². The van der Waals surface area contributed by atoms with Gasteiger partial charge in [0.1, 0.15) is 18.2 Å². The Kier molecular flexibility index (Phi) is 8.27. The van der Waals surface area contributed by atoms with Crippen LogP contribution in [0, 0.1) is 25.2 Å². The highest BCUT2D eigenvalue weighted by molar-refractivity contribution is 9.10. The van der Waals surface area contributed by atoms with Gasteiger partial charge in [-0.1, -0.05) is 42.5 Å². The first kappa shape index (κ1) is 26.0. The van der Waals surface area contributed by atoms with Crippen LogP contribution >= 0.6 is 15.9 Å². The maximum atomic E-state index is 12.8. The number of rotatable bonds is 8. The quantitative estimate of drug-likeness (QED) is 0.178. The lowest BCUT2D eigenvalue weighted by atomic mass is 10.1. The molecule has 1 N–H and O–H groups in total. The van der Waals surface area contributed by atoms with Crippen LogP contribution in [0.4, 0.5) is 5.69 Å². The summed E-state index contributed by atoms with van der Waals surface area (Å²) in [4.78, 5) is 12.8. The zero-order chi connectivity index (χ0) is 26.4. The number of fused-ring (bicyclic) bond motifs is 1. The summed E-state index contributed by atoms with van der Waals surface area (Å²) >= 11 is 3.58. The van der Waals surface area contributed by atoms with Crippen molar-refractivity contribution >= 4 is 44.4 Å². The smallest absolute Gasteiger partial charge is 0.266 e. The Morgan fingerprint density at radius 1 is 0.973 bits per heavy atom. The summed E-state index contributed by atoms with van der Waals surface area (Å²) in [5.41, 5.74) is 4.49. The maximum absolute atomic E-state index is 12.8. The van der Waals surface area contributed by atoms with E-state index in [1.165, 1.54) is 11.5 Å². The molecule has 186 valence electrons. The Bertz CT molecular complexity index is 1540. The number of benzene rings is 4. The molecule has 0 unspecified atom stereocenters. The normalized spacial score (nSPS) is 11.2. The van der Waals surface area contributed by atoms with Crippen LogP contribution in [0.3, 0.4) is 0 Å². The molecule has 0 aliphatic rings. The number of carbonyl (C=O) groups excluding carboxylic acids is 1. The second kappa shape index (κ2) is 11.8. The molecule has 0 bridgehead atoms. The Morgan fingerprint density at radius 3 is 2.49 bits per heavy atom. The van der Waals surface area contributed by atoms with Crippen LogP contribution in [0.15, 0.2) is 82.8 Å². The Hall–Kier alpha value is -4.08. The third-order valence-corrected chi connectivity index (χ3v) is 6.56. The minimum absolute atomic E-state index is 0.0163. The number of ether oxygens (including phenoxy) is 2. The summed E-state index contributed by atoms with van der Waals surface area (Å²) in [5.74, 6) is 0.609. The van der Waals surface area contributed by atoms with Crippen molar-refractivity contribution in [3.63, 3.8) is 0 Å². The van der Waals surface area contributed by atoms with E-state index in [2.05, 4.69) is 45.5 Å². The molecule has 0 fully saturated rings. The van der Waals surface area contributed by atoms with Crippen molar-refractivity contribution in [1.29, 1.82) is 5.26 Å². The predicted molar refractivity (Wildman–Crippen MR) is 152 cm³/mol. The highest BCUT2D eigenvalue weighted by Crippen LogP contribution is 2.38. The van der Waals surface area contributed by atoms with E-state index in [-0.39, 0.29) is 5.57 Å². The molecule has 4 rings (SSSR count). The molecule has 5 nitrogen and oxygen atoms in total. The van der Waals surface area contributed by atoms with E-state index in [0.29, 0.717) is 40.4 Å². The first-order chi connectivity index (χ1) is 17.9. The molecule has 0 atom stereocenters. The Balaban J connectivity index is 1.56. The molecule has 0 aromatic heterocycles. The number of carbonyl (C=O) groups is 1. The van der Waals surface area contributed by atoms with Crippen molar-refractivity contribution in [2.45, 2.75) is 27.4 Å². The molecule has 1 amide bonds. The van der Waals surface area contributed by atoms with Gasteiger partial charge in [-0.3, -0.25) is 4.79 Å². The zero-order valence-electron chi connectivity index (χ0n) is 21.0. The van der Waals surface area contributed by atoms with E-state index in [9.17, 15) is 10.1 Å². The van der Waals surface area contributed by atoms with Crippen LogP contribution in [0.2, 0.25) is 0 Å². The highest BCUT2D eigenvalue weighted by atomic mass is 79.9. The lowest BCUT2D eigenvalue weighted by Gasteiger charge is -2.15. The number of anilines is 1. The SMILES string of the molecule is CCOc1cc(/C=C(\C#N)C(=O)Nc2ccc(C)c(C)c2)cc(Br)c1OCc1ccc2ccccc2c1. The number of halogens is 1. The monoisotopic (exact) mass is 554 g/mol. The molecule has 0 heterocycles.